The third-order valence-corrected chi connectivity index (χ3v) is 3.18. The minimum absolute atomic E-state index is 0.180. The third kappa shape index (κ3) is 2.33. The highest BCUT2D eigenvalue weighted by Gasteiger charge is 2.52. The number of hydrogen-bond donors (Lipinski definition) is 1. The van der Waals surface area contributed by atoms with Gasteiger partial charge < -0.3 is 14.6 Å². The van der Waals surface area contributed by atoms with E-state index in [2.05, 4.69) is 0 Å². The summed E-state index contributed by atoms with van der Waals surface area (Å²) in [4.78, 5) is 0. The zero-order valence-corrected chi connectivity index (χ0v) is 8.79. The summed E-state index contributed by atoms with van der Waals surface area (Å²) < 4.78 is 47.4. The number of halogens is 3. The maximum absolute atomic E-state index is 12.3. The molecule has 2 fully saturated rings. The number of alkyl halides is 3. The van der Waals surface area contributed by atoms with E-state index >= 15 is 0 Å². The highest BCUT2D eigenvalue weighted by Crippen LogP contribution is 2.40. The lowest BCUT2D eigenvalue weighted by Gasteiger charge is -2.32. The molecule has 1 spiro atoms. The van der Waals surface area contributed by atoms with Crippen molar-refractivity contribution in [2.75, 3.05) is 6.61 Å². The van der Waals surface area contributed by atoms with Crippen molar-refractivity contribution in [1.29, 1.82) is 0 Å². The van der Waals surface area contributed by atoms with E-state index in [1.165, 1.54) is 0 Å². The first kappa shape index (κ1) is 12.1. The van der Waals surface area contributed by atoms with Gasteiger partial charge in [-0.2, -0.15) is 13.2 Å². The van der Waals surface area contributed by atoms with Crippen molar-refractivity contribution in [3.8, 4) is 0 Å². The van der Waals surface area contributed by atoms with Gasteiger partial charge in [-0.25, -0.2) is 0 Å². The molecule has 1 saturated carbocycles. The normalized spacial score (nSPS) is 31.9. The zero-order valence-electron chi connectivity index (χ0n) is 8.79. The highest BCUT2D eigenvalue weighted by molar-refractivity contribution is 4.87. The fraction of sp³-hybridized carbons (Fsp3) is 1.00. The number of rotatable bonds is 1. The number of aliphatic hydroxyl groups excluding tert-OH is 1. The summed E-state index contributed by atoms with van der Waals surface area (Å²) in [6.07, 6.45) is -4.28. The van der Waals surface area contributed by atoms with Crippen LogP contribution in [0.3, 0.4) is 0 Å². The molecule has 0 aromatic heterocycles. The van der Waals surface area contributed by atoms with Crippen LogP contribution in [0.25, 0.3) is 0 Å². The maximum atomic E-state index is 12.3. The van der Waals surface area contributed by atoms with E-state index in [-0.39, 0.29) is 6.61 Å². The predicted octanol–water partition coefficient (Wildman–Crippen LogP) is 1.99. The lowest BCUT2D eigenvalue weighted by Crippen LogP contribution is -2.43. The van der Waals surface area contributed by atoms with Crippen LogP contribution in [0.1, 0.15) is 32.1 Å². The SMILES string of the molecule is O[C@H]([C@H]1COC2(CCCCC2)O1)C(F)(F)F. The Morgan fingerprint density at radius 1 is 1.19 bits per heavy atom. The van der Waals surface area contributed by atoms with Crippen molar-refractivity contribution < 1.29 is 27.8 Å². The van der Waals surface area contributed by atoms with E-state index in [0.717, 1.165) is 19.3 Å². The molecule has 0 aromatic rings. The van der Waals surface area contributed by atoms with Crippen molar-refractivity contribution >= 4 is 0 Å². The van der Waals surface area contributed by atoms with Gasteiger partial charge >= 0.3 is 6.18 Å². The topological polar surface area (TPSA) is 38.7 Å². The Balaban J connectivity index is 1.97. The Bertz CT molecular complexity index is 248. The summed E-state index contributed by atoms with van der Waals surface area (Å²) in [6.45, 7) is -0.180. The van der Waals surface area contributed by atoms with E-state index in [1.54, 1.807) is 0 Å². The molecule has 1 aliphatic heterocycles. The number of aliphatic hydroxyl groups is 1. The lowest BCUT2D eigenvalue weighted by molar-refractivity contribution is -0.250. The van der Waals surface area contributed by atoms with Crippen LogP contribution in [0.5, 0.6) is 0 Å². The standard InChI is InChI=1S/C10H15F3O3/c11-10(12,13)8(14)7-6-15-9(16-7)4-2-1-3-5-9/h7-8,14H,1-6H2/t7-,8-/m1/s1. The second kappa shape index (κ2) is 4.16. The molecule has 0 amide bonds. The molecule has 16 heavy (non-hydrogen) atoms. The zero-order chi connectivity index (χ0) is 11.8. The van der Waals surface area contributed by atoms with E-state index in [1.807, 2.05) is 0 Å². The Morgan fingerprint density at radius 2 is 1.81 bits per heavy atom. The molecule has 0 bridgehead atoms. The predicted molar refractivity (Wildman–Crippen MR) is 48.7 cm³/mol. The summed E-state index contributed by atoms with van der Waals surface area (Å²) >= 11 is 0. The molecule has 0 unspecified atom stereocenters. The molecule has 2 atom stereocenters. The number of ether oxygens (including phenoxy) is 2. The molecule has 3 nitrogen and oxygen atoms in total. The average molecular weight is 240 g/mol. The van der Waals surface area contributed by atoms with E-state index in [4.69, 9.17) is 14.6 Å². The first-order valence-electron chi connectivity index (χ1n) is 5.50. The first-order valence-corrected chi connectivity index (χ1v) is 5.50. The van der Waals surface area contributed by atoms with Crippen LogP contribution in [0.2, 0.25) is 0 Å². The molecular weight excluding hydrogens is 225 g/mol. The van der Waals surface area contributed by atoms with Gasteiger partial charge in [-0.05, 0) is 12.8 Å². The second-order valence-electron chi connectivity index (χ2n) is 4.43. The van der Waals surface area contributed by atoms with E-state index < -0.39 is 24.2 Å². The lowest BCUT2D eigenvalue weighted by atomic mass is 9.94. The van der Waals surface area contributed by atoms with Gasteiger partial charge in [0.2, 0.25) is 0 Å². The largest absolute Gasteiger partial charge is 0.417 e. The Morgan fingerprint density at radius 3 is 2.38 bits per heavy atom. The molecule has 2 rings (SSSR count). The van der Waals surface area contributed by atoms with Crippen LogP contribution in [-0.2, 0) is 9.47 Å². The van der Waals surface area contributed by atoms with Crippen molar-refractivity contribution in [1.82, 2.24) is 0 Å². The minimum Gasteiger partial charge on any atom is -0.381 e. The second-order valence-corrected chi connectivity index (χ2v) is 4.43. The van der Waals surface area contributed by atoms with Crippen molar-refractivity contribution in [3.05, 3.63) is 0 Å². The van der Waals surface area contributed by atoms with Gasteiger partial charge in [0.25, 0.3) is 0 Å². The molecular formula is C10H15F3O3. The quantitative estimate of drug-likeness (QED) is 0.761. The highest BCUT2D eigenvalue weighted by atomic mass is 19.4. The van der Waals surface area contributed by atoms with Crippen LogP contribution >= 0.6 is 0 Å². The summed E-state index contributed by atoms with van der Waals surface area (Å²) in [5.41, 5.74) is 0. The summed E-state index contributed by atoms with van der Waals surface area (Å²) in [5, 5.41) is 9.07. The molecule has 1 N–H and O–H groups in total. The van der Waals surface area contributed by atoms with Crippen LogP contribution < -0.4 is 0 Å². The average Bonchev–Trinajstić information content (AvgIpc) is 2.61. The molecule has 1 aliphatic carbocycles. The Kier molecular flexibility index (Phi) is 3.16. The van der Waals surface area contributed by atoms with E-state index in [9.17, 15) is 13.2 Å². The maximum Gasteiger partial charge on any atom is 0.417 e. The van der Waals surface area contributed by atoms with Crippen molar-refractivity contribution in [2.24, 2.45) is 0 Å². The Hall–Kier alpha value is -0.330. The fourth-order valence-corrected chi connectivity index (χ4v) is 2.30. The van der Waals surface area contributed by atoms with Gasteiger partial charge in [0.15, 0.2) is 11.9 Å². The summed E-state index contributed by atoms with van der Waals surface area (Å²) in [7, 11) is 0. The van der Waals surface area contributed by atoms with Gasteiger partial charge in [-0.3, -0.25) is 0 Å². The summed E-state index contributed by atoms with van der Waals surface area (Å²) in [5.74, 6) is -0.866. The molecule has 2 aliphatic rings. The van der Waals surface area contributed by atoms with Crippen LogP contribution in [0.15, 0.2) is 0 Å². The minimum atomic E-state index is -4.64. The van der Waals surface area contributed by atoms with Gasteiger partial charge in [0, 0.05) is 12.8 Å². The molecule has 0 radical (unpaired) electrons. The monoisotopic (exact) mass is 240 g/mol. The molecule has 6 heteroatoms. The molecule has 1 saturated heterocycles. The Labute approximate surface area is 91.5 Å². The molecule has 0 aromatic carbocycles. The van der Waals surface area contributed by atoms with Gasteiger partial charge in [-0.1, -0.05) is 6.42 Å². The van der Waals surface area contributed by atoms with Gasteiger partial charge in [0.05, 0.1) is 6.61 Å². The van der Waals surface area contributed by atoms with Crippen molar-refractivity contribution in [2.45, 2.75) is 56.3 Å². The first-order chi connectivity index (χ1) is 7.43. The number of hydrogen-bond acceptors (Lipinski definition) is 3. The van der Waals surface area contributed by atoms with Crippen LogP contribution in [0.4, 0.5) is 13.2 Å². The third-order valence-electron chi connectivity index (χ3n) is 3.18. The smallest absolute Gasteiger partial charge is 0.381 e. The van der Waals surface area contributed by atoms with Gasteiger partial charge in [0.1, 0.15) is 6.10 Å². The van der Waals surface area contributed by atoms with Crippen molar-refractivity contribution in [3.63, 3.8) is 0 Å². The van der Waals surface area contributed by atoms with Crippen LogP contribution in [-0.4, -0.2) is 35.9 Å². The molecule has 94 valence electrons. The van der Waals surface area contributed by atoms with Crippen LogP contribution in [0, 0.1) is 0 Å². The fourth-order valence-electron chi connectivity index (χ4n) is 2.30. The van der Waals surface area contributed by atoms with E-state index in [0.29, 0.717) is 12.8 Å². The van der Waals surface area contributed by atoms with Gasteiger partial charge in [-0.15, -0.1) is 0 Å². The summed E-state index contributed by atoms with van der Waals surface area (Å²) in [6, 6.07) is 0. The molecule has 1 heterocycles.